The molecule has 0 radical (unpaired) electrons. The van der Waals surface area contributed by atoms with Gasteiger partial charge in [0.15, 0.2) is 5.78 Å². The summed E-state index contributed by atoms with van der Waals surface area (Å²) in [4.78, 5) is 70.5. The topological polar surface area (TPSA) is 220 Å². The van der Waals surface area contributed by atoms with Crippen LogP contribution in [-0.4, -0.2) is 87.1 Å². The zero-order valence-corrected chi connectivity index (χ0v) is 35.7. The van der Waals surface area contributed by atoms with Crippen LogP contribution in [0.1, 0.15) is 147 Å². The van der Waals surface area contributed by atoms with Crippen LogP contribution in [0.2, 0.25) is 0 Å². The first-order chi connectivity index (χ1) is 28.2. The Labute approximate surface area is 351 Å². The molecule has 0 unspecified atom stereocenters. The van der Waals surface area contributed by atoms with Gasteiger partial charge in [-0.15, -0.1) is 0 Å². The van der Waals surface area contributed by atoms with Gasteiger partial charge in [-0.3, -0.25) is 24.0 Å². The summed E-state index contributed by atoms with van der Waals surface area (Å²) in [5.74, 6) is -5.33. The normalized spacial score (nSPS) is 18.0. The average molecular weight is 821 g/mol. The molecule has 1 aliphatic heterocycles. The summed E-state index contributed by atoms with van der Waals surface area (Å²) >= 11 is 0. The number of nitrogens with two attached hydrogens (primary N) is 1. The number of fused-ring (bicyclic) bond motifs is 5. The number of phenolic OH excluding ortho intramolecular Hbond substituents is 2. The van der Waals surface area contributed by atoms with Crippen LogP contribution in [0.3, 0.4) is 0 Å². The average Bonchev–Trinajstić information content (AvgIpc) is 3.19. The first-order valence-electron chi connectivity index (χ1n) is 21.8. The van der Waals surface area contributed by atoms with Crippen molar-refractivity contribution < 1.29 is 44.2 Å². The summed E-state index contributed by atoms with van der Waals surface area (Å²) < 4.78 is 0. The Kier molecular flexibility index (Phi) is 21.1. The number of hydrogen-bond donors (Lipinski definition) is 7. The van der Waals surface area contributed by atoms with E-state index >= 15 is 0 Å². The monoisotopic (exact) mass is 821 g/mol. The molecule has 1 aliphatic rings. The number of carbonyl (C=O) groups is 5. The van der Waals surface area contributed by atoms with E-state index in [1.165, 1.54) is 95.0 Å². The molecule has 2 aromatic rings. The van der Waals surface area contributed by atoms with E-state index in [9.17, 15) is 44.2 Å². The van der Waals surface area contributed by atoms with Gasteiger partial charge in [0, 0.05) is 55.7 Å². The largest absolute Gasteiger partial charge is 0.507 e. The van der Waals surface area contributed by atoms with E-state index in [1.807, 2.05) is 0 Å². The Morgan fingerprint density at radius 1 is 0.864 bits per heavy atom. The predicted octanol–water partition coefficient (Wildman–Crippen LogP) is 5.82. The zero-order chi connectivity index (χ0) is 43.5. The molecule has 13 nitrogen and oxygen atoms in total. The Balaban J connectivity index is 1.88. The van der Waals surface area contributed by atoms with Gasteiger partial charge in [0.25, 0.3) is 0 Å². The van der Waals surface area contributed by atoms with E-state index < -0.39 is 60.5 Å². The highest BCUT2D eigenvalue weighted by atomic mass is 16.4. The third-order valence-corrected chi connectivity index (χ3v) is 11.5. The molecule has 2 aromatic carbocycles. The van der Waals surface area contributed by atoms with E-state index in [0.29, 0.717) is 43.4 Å². The van der Waals surface area contributed by atoms with E-state index in [1.54, 1.807) is 12.1 Å². The quantitative estimate of drug-likeness (QED) is 0.0526. The second-order valence-electron chi connectivity index (χ2n) is 16.5. The van der Waals surface area contributed by atoms with Crippen molar-refractivity contribution in [1.82, 2.24) is 15.5 Å². The van der Waals surface area contributed by atoms with E-state index in [0.717, 1.165) is 25.7 Å². The molecule has 0 fully saturated rings. The highest BCUT2D eigenvalue weighted by Gasteiger charge is 2.36. The number of ketones is 2. The number of aromatic hydroxyl groups is 2. The minimum atomic E-state index is -1.86. The number of nitrogens with one attached hydrogen (secondary N) is 2. The third-order valence-electron chi connectivity index (χ3n) is 11.5. The summed E-state index contributed by atoms with van der Waals surface area (Å²) in [6.07, 6.45) is 14.5. The lowest BCUT2D eigenvalue weighted by atomic mass is 9.81. The van der Waals surface area contributed by atoms with Gasteiger partial charge in [-0.2, -0.15) is 0 Å². The van der Waals surface area contributed by atoms with Gasteiger partial charge in [-0.05, 0) is 68.1 Å². The fourth-order valence-corrected chi connectivity index (χ4v) is 7.78. The Morgan fingerprint density at radius 2 is 1.46 bits per heavy atom. The Hall–Kier alpha value is -4.27. The molecule has 3 rings (SSSR count). The number of phenols is 2. The molecule has 14 heteroatoms. The van der Waals surface area contributed by atoms with Gasteiger partial charge in [-0.25, -0.2) is 0 Å². The summed E-state index contributed by atoms with van der Waals surface area (Å²) in [6, 6.07) is 6.51. The van der Waals surface area contributed by atoms with Crippen molar-refractivity contribution in [2.45, 2.75) is 154 Å². The Bertz CT molecular complexity index is 1690. The van der Waals surface area contributed by atoms with Crippen molar-refractivity contribution >= 4 is 36.4 Å². The van der Waals surface area contributed by atoms with Crippen molar-refractivity contribution in [3.63, 3.8) is 0 Å². The van der Waals surface area contributed by atoms with Gasteiger partial charge in [0.1, 0.15) is 29.4 Å². The van der Waals surface area contributed by atoms with Gasteiger partial charge < -0.3 is 41.5 Å². The fourth-order valence-electron chi connectivity index (χ4n) is 7.78. The van der Waals surface area contributed by atoms with Crippen LogP contribution in [0.15, 0.2) is 36.4 Å². The minimum absolute atomic E-state index is 0.00758. The number of amides is 3. The summed E-state index contributed by atoms with van der Waals surface area (Å²) in [5, 5.41) is 46.4. The predicted molar refractivity (Wildman–Crippen MR) is 230 cm³/mol. The molecule has 326 valence electrons. The molecular formula is C45H69BN4O9. The number of likely N-dealkylation sites (N-methyl/N-ethyl adjacent to an activating group) is 1. The van der Waals surface area contributed by atoms with Crippen molar-refractivity contribution in [3.8, 4) is 22.6 Å². The SMILES string of the molecule is CCCCCCCCCCCCCC(=O)C[C@@H](CCCCN)C(=O)N(C)[C@@H]1C(=O)C[C@@H](C)C(=O)N[C@H](C(=O)N[C@@H](C)B(O)O)Cc2ccc(O)c(c2)-c2cc1ccc2O. The van der Waals surface area contributed by atoms with Crippen LogP contribution in [0, 0.1) is 11.8 Å². The maximum atomic E-state index is 14.5. The number of carbonyl (C=O) groups excluding carboxylic acids is 5. The van der Waals surface area contributed by atoms with Crippen LogP contribution in [0.4, 0.5) is 0 Å². The Morgan fingerprint density at radius 3 is 2.07 bits per heavy atom. The minimum Gasteiger partial charge on any atom is -0.507 e. The second kappa shape index (κ2) is 25.4. The van der Waals surface area contributed by atoms with Crippen LogP contribution in [0.5, 0.6) is 11.5 Å². The fraction of sp³-hybridized carbons (Fsp3) is 0.622. The lowest BCUT2D eigenvalue weighted by Gasteiger charge is -2.32. The van der Waals surface area contributed by atoms with Crippen LogP contribution in [0.25, 0.3) is 11.1 Å². The molecule has 4 bridgehead atoms. The molecule has 0 spiro atoms. The molecule has 59 heavy (non-hydrogen) atoms. The molecule has 0 aromatic heterocycles. The number of nitrogens with zero attached hydrogens (tertiary/aromatic N) is 1. The smallest absolute Gasteiger partial charge is 0.475 e. The molecule has 1 heterocycles. The van der Waals surface area contributed by atoms with Crippen LogP contribution in [-0.2, 0) is 30.4 Å². The summed E-state index contributed by atoms with van der Waals surface area (Å²) in [6.45, 7) is 5.58. The molecule has 0 saturated heterocycles. The molecular weight excluding hydrogens is 751 g/mol. The van der Waals surface area contributed by atoms with E-state index in [2.05, 4.69) is 17.6 Å². The zero-order valence-electron chi connectivity index (χ0n) is 35.7. The van der Waals surface area contributed by atoms with Gasteiger partial charge in [0.2, 0.25) is 17.7 Å². The van der Waals surface area contributed by atoms with Crippen LogP contribution < -0.4 is 16.4 Å². The third kappa shape index (κ3) is 15.7. The van der Waals surface area contributed by atoms with Crippen molar-refractivity contribution in [3.05, 3.63) is 47.5 Å². The molecule has 5 atom stereocenters. The number of benzene rings is 2. The van der Waals surface area contributed by atoms with Crippen molar-refractivity contribution in [2.75, 3.05) is 13.6 Å². The van der Waals surface area contributed by atoms with Crippen LogP contribution >= 0.6 is 0 Å². The number of rotatable bonds is 23. The van der Waals surface area contributed by atoms with Gasteiger partial charge in [-0.1, -0.05) is 96.6 Å². The summed E-state index contributed by atoms with van der Waals surface area (Å²) in [5.41, 5.74) is 6.99. The van der Waals surface area contributed by atoms with Gasteiger partial charge in [0.05, 0.1) is 5.94 Å². The highest BCUT2D eigenvalue weighted by molar-refractivity contribution is 6.43. The second-order valence-corrected chi connectivity index (χ2v) is 16.5. The summed E-state index contributed by atoms with van der Waals surface area (Å²) in [7, 11) is -0.352. The first kappa shape index (κ1) is 49.1. The van der Waals surface area contributed by atoms with Crippen molar-refractivity contribution in [1.29, 1.82) is 0 Å². The first-order valence-corrected chi connectivity index (χ1v) is 21.8. The van der Waals surface area contributed by atoms with E-state index in [4.69, 9.17) is 5.73 Å². The van der Waals surface area contributed by atoms with E-state index in [-0.39, 0.29) is 47.7 Å². The lowest BCUT2D eigenvalue weighted by Crippen LogP contribution is -2.54. The highest BCUT2D eigenvalue weighted by Crippen LogP contribution is 2.39. The standard InChI is InChI=1S/C45H69BN4O9/c1-5-6-7-8-9-10-11-12-13-14-15-19-35(51)28-34(18-16-17-24-47)45(57)50(4)42-33-21-23-40(53)37(29-33)36-26-32(20-22-39(36)52)27-38(44(56)48-31(3)46(58)59)49-43(55)30(2)25-41(42)54/h20-23,26,29-31,34,38,42,52-53,58-59H,5-19,24-25,27-28,47H2,1-4H3,(H,48,56)(H,49,55)/t30-,31+,34-,38+,42+/m1/s1. The maximum absolute atomic E-state index is 14.5. The number of hydrogen-bond acceptors (Lipinski definition) is 10. The lowest BCUT2D eigenvalue weighted by molar-refractivity contribution is -0.144. The number of unbranched alkanes of at least 4 members (excludes halogenated alkanes) is 11. The maximum Gasteiger partial charge on any atom is 0.475 e. The molecule has 0 aliphatic carbocycles. The van der Waals surface area contributed by atoms with Crippen molar-refractivity contribution in [2.24, 2.45) is 17.6 Å². The number of Topliss-reactive ketones (excluding diaryl/α,β-unsaturated/α-hetero) is 2. The molecule has 3 amide bonds. The molecule has 8 N–H and O–H groups in total. The molecule has 0 saturated carbocycles. The van der Waals surface area contributed by atoms with Gasteiger partial charge >= 0.3 is 7.12 Å².